The van der Waals surface area contributed by atoms with Crippen molar-refractivity contribution < 1.29 is 4.79 Å². The van der Waals surface area contributed by atoms with Crippen molar-refractivity contribution in [3.8, 4) is 28.2 Å². The fourth-order valence-corrected chi connectivity index (χ4v) is 5.72. The van der Waals surface area contributed by atoms with E-state index in [0.717, 1.165) is 63.2 Å². The molecule has 1 aliphatic rings. The van der Waals surface area contributed by atoms with Gasteiger partial charge in [0.15, 0.2) is 5.65 Å². The Kier molecular flexibility index (Phi) is 6.07. The lowest BCUT2D eigenvalue weighted by Crippen LogP contribution is -2.18. The van der Waals surface area contributed by atoms with Crippen LogP contribution in [0.25, 0.3) is 50.3 Å². The van der Waals surface area contributed by atoms with E-state index in [1.165, 1.54) is 19.3 Å². The molecule has 10 nitrogen and oxygen atoms in total. The fourth-order valence-electron chi connectivity index (χ4n) is 5.72. The number of fused-ring (bicyclic) bond motifs is 2. The molecular formula is C30H29N9O. The molecule has 0 atom stereocenters. The van der Waals surface area contributed by atoms with Gasteiger partial charge in [-0.15, -0.1) is 0 Å². The number of amides is 1. The minimum atomic E-state index is 0.0502. The van der Waals surface area contributed by atoms with Crippen molar-refractivity contribution in [3.63, 3.8) is 0 Å². The van der Waals surface area contributed by atoms with Crippen LogP contribution in [-0.2, 0) is 4.79 Å². The molecule has 0 unspecified atom stereocenters. The van der Waals surface area contributed by atoms with Crippen molar-refractivity contribution in [2.45, 2.75) is 45.4 Å². The molecule has 40 heavy (non-hydrogen) atoms. The minimum Gasteiger partial charge on any atom is -0.338 e. The molecule has 0 aliphatic heterocycles. The SMILES string of the molecule is Cc1cn(-c2ccnc3[nH]c(-c4n[nH]c5ncc(-c6cncc(NC(=O)CC7CCCCC7)c6)cc45)cc23)cn1. The smallest absolute Gasteiger partial charge is 0.224 e. The zero-order valence-corrected chi connectivity index (χ0v) is 22.2. The third-order valence-electron chi connectivity index (χ3n) is 7.72. The third kappa shape index (κ3) is 4.61. The molecule has 6 aromatic heterocycles. The van der Waals surface area contributed by atoms with E-state index in [2.05, 4.69) is 46.5 Å². The molecule has 10 heteroatoms. The molecule has 1 saturated carbocycles. The van der Waals surface area contributed by atoms with Crippen LogP contribution >= 0.6 is 0 Å². The van der Waals surface area contributed by atoms with E-state index in [1.807, 2.05) is 35.9 Å². The Morgan fingerprint density at radius 3 is 2.73 bits per heavy atom. The number of rotatable bonds is 6. The van der Waals surface area contributed by atoms with Gasteiger partial charge < -0.3 is 14.9 Å². The van der Waals surface area contributed by atoms with Crippen molar-refractivity contribution in [3.05, 3.63) is 67.3 Å². The summed E-state index contributed by atoms with van der Waals surface area (Å²) in [7, 11) is 0. The number of aromatic nitrogens is 8. The molecule has 0 bridgehead atoms. The molecule has 0 radical (unpaired) electrons. The highest BCUT2D eigenvalue weighted by atomic mass is 16.1. The Morgan fingerprint density at radius 1 is 1.00 bits per heavy atom. The lowest BCUT2D eigenvalue weighted by Gasteiger charge is -2.20. The quantitative estimate of drug-likeness (QED) is 0.243. The summed E-state index contributed by atoms with van der Waals surface area (Å²) in [5.41, 5.74) is 7.40. The summed E-state index contributed by atoms with van der Waals surface area (Å²) in [6.45, 7) is 1.97. The van der Waals surface area contributed by atoms with Gasteiger partial charge in [0.05, 0.1) is 35.3 Å². The second-order valence-corrected chi connectivity index (χ2v) is 10.6. The number of pyridine rings is 3. The van der Waals surface area contributed by atoms with Crippen LogP contribution < -0.4 is 5.32 Å². The Balaban J connectivity index is 1.19. The molecular weight excluding hydrogens is 502 g/mol. The van der Waals surface area contributed by atoms with Crippen LogP contribution in [0.2, 0.25) is 0 Å². The van der Waals surface area contributed by atoms with Crippen LogP contribution in [0.1, 0.15) is 44.2 Å². The number of H-pyrrole nitrogens is 2. The molecule has 1 amide bonds. The van der Waals surface area contributed by atoms with Crippen molar-refractivity contribution >= 4 is 33.7 Å². The van der Waals surface area contributed by atoms with E-state index >= 15 is 0 Å². The number of anilines is 1. The lowest BCUT2D eigenvalue weighted by molar-refractivity contribution is -0.117. The average Bonchev–Trinajstić information content (AvgIpc) is 3.71. The van der Waals surface area contributed by atoms with Crippen LogP contribution in [0.15, 0.2) is 61.6 Å². The second kappa shape index (κ2) is 10.0. The van der Waals surface area contributed by atoms with Crippen molar-refractivity contribution in [1.82, 2.24) is 39.7 Å². The highest BCUT2D eigenvalue weighted by molar-refractivity contribution is 5.97. The predicted molar refractivity (Wildman–Crippen MR) is 154 cm³/mol. The minimum absolute atomic E-state index is 0.0502. The lowest BCUT2D eigenvalue weighted by atomic mass is 9.87. The highest BCUT2D eigenvalue weighted by Crippen LogP contribution is 2.33. The van der Waals surface area contributed by atoms with Gasteiger partial charge in [-0.3, -0.25) is 14.9 Å². The molecule has 0 saturated heterocycles. The first-order valence-electron chi connectivity index (χ1n) is 13.7. The van der Waals surface area contributed by atoms with Crippen LogP contribution in [0.5, 0.6) is 0 Å². The molecule has 3 N–H and O–H groups in total. The summed E-state index contributed by atoms with van der Waals surface area (Å²) >= 11 is 0. The van der Waals surface area contributed by atoms with E-state index in [9.17, 15) is 4.79 Å². The molecule has 0 aromatic carbocycles. The summed E-state index contributed by atoms with van der Waals surface area (Å²) in [6.07, 6.45) is 17.4. The van der Waals surface area contributed by atoms with Crippen molar-refractivity contribution in [1.29, 1.82) is 0 Å². The summed E-state index contributed by atoms with van der Waals surface area (Å²) < 4.78 is 1.99. The normalized spacial score (nSPS) is 14.2. The van der Waals surface area contributed by atoms with Gasteiger partial charge in [0.2, 0.25) is 5.91 Å². The molecule has 1 aliphatic carbocycles. The van der Waals surface area contributed by atoms with E-state index < -0.39 is 0 Å². The van der Waals surface area contributed by atoms with Crippen molar-refractivity contribution in [2.24, 2.45) is 5.92 Å². The van der Waals surface area contributed by atoms with Gasteiger partial charge in [-0.1, -0.05) is 19.3 Å². The van der Waals surface area contributed by atoms with E-state index in [4.69, 9.17) is 0 Å². The van der Waals surface area contributed by atoms with Crippen LogP contribution in [-0.4, -0.2) is 45.6 Å². The molecule has 1 fully saturated rings. The van der Waals surface area contributed by atoms with E-state index in [1.54, 1.807) is 31.1 Å². The number of imidazole rings is 1. The number of hydrogen-bond acceptors (Lipinski definition) is 6. The summed E-state index contributed by atoms with van der Waals surface area (Å²) in [6, 6.07) is 8.02. The number of aromatic amines is 2. The fraction of sp³-hybridized carbons (Fsp3) is 0.267. The summed E-state index contributed by atoms with van der Waals surface area (Å²) in [5.74, 6) is 0.533. The molecule has 7 rings (SSSR count). The zero-order chi connectivity index (χ0) is 27.1. The average molecular weight is 532 g/mol. The van der Waals surface area contributed by atoms with E-state index in [0.29, 0.717) is 23.7 Å². The topological polar surface area (TPSA) is 130 Å². The van der Waals surface area contributed by atoms with Gasteiger partial charge in [0.25, 0.3) is 0 Å². The molecule has 0 spiro atoms. The maximum Gasteiger partial charge on any atom is 0.224 e. The van der Waals surface area contributed by atoms with Gasteiger partial charge in [0.1, 0.15) is 11.3 Å². The maximum atomic E-state index is 12.7. The Morgan fingerprint density at radius 2 is 1.88 bits per heavy atom. The summed E-state index contributed by atoms with van der Waals surface area (Å²) in [4.78, 5) is 34.0. The first-order valence-corrected chi connectivity index (χ1v) is 13.7. The largest absolute Gasteiger partial charge is 0.338 e. The van der Waals surface area contributed by atoms with Crippen LogP contribution in [0, 0.1) is 12.8 Å². The number of carbonyl (C=O) groups is 1. The number of aryl methyl sites for hydroxylation is 1. The summed E-state index contributed by atoms with van der Waals surface area (Å²) in [5, 5.41) is 12.5. The second-order valence-electron chi connectivity index (χ2n) is 10.6. The maximum absolute atomic E-state index is 12.7. The zero-order valence-electron chi connectivity index (χ0n) is 22.2. The monoisotopic (exact) mass is 531 g/mol. The van der Waals surface area contributed by atoms with Gasteiger partial charge in [-0.2, -0.15) is 5.10 Å². The third-order valence-corrected chi connectivity index (χ3v) is 7.72. The van der Waals surface area contributed by atoms with Crippen LogP contribution in [0.4, 0.5) is 5.69 Å². The molecule has 200 valence electrons. The molecule has 6 heterocycles. The van der Waals surface area contributed by atoms with Crippen LogP contribution in [0.3, 0.4) is 0 Å². The first-order chi connectivity index (χ1) is 19.6. The van der Waals surface area contributed by atoms with Gasteiger partial charge in [0, 0.05) is 53.1 Å². The Labute approximate surface area is 230 Å². The Bertz CT molecular complexity index is 1840. The predicted octanol–water partition coefficient (Wildman–Crippen LogP) is 5.97. The number of carbonyl (C=O) groups excluding carboxylic acids is 1. The number of nitrogens with zero attached hydrogens (tertiary/aromatic N) is 6. The van der Waals surface area contributed by atoms with E-state index in [-0.39, 0.29) is 5.91 Å². The Hall–Kier alpha value is -4.86. The van der Waals surface area contributed by atoms with Gasteiger partial charge >= 0.3 is 0 Å². The molecule has 6 aromatic rings. The number of nitrogens with one attached hydrogen (secondary N) is 3. The standard InChI is InChI=1S/C30H29N9O/c1-18-16-39(17-34-18)26-7-8-32-29-23(26)12-25(36-29)28-24-11-21(14-33-30(24)38-37-28)20-10-22(15-31-13-20)35-27(40)9-19-5-3-2-4-6-19/h7-8,10-17,19H,2-6,9H2,1H3,(H,32,36)(H,35,40)(H,33,37,38). The van der Waals surface area contributed by atoms with Crippen molar-refractivity contribution in [2.75, 3.05) is 5.32 Å². The van der Waals surface area contributed by atoms with Gasteiger partial charge in [-0.25, -0.2) is 15.0 Å². The highest BCUT2D eigenvalue weighted by Gasteiger charge is 2.18. The van der Waals surface area contributed by atoms with Gasteiger partial charge in [-0.05, 0) is 49.9 Å². The first kappa shape index (κ1) is 24.2. The number of hydrogen-bond donors (Lipinski definition) is 3.